The van der Waals surface area contributed by atoms with Gasteiger partial charge in [0.25, 0.3) is 0 Å². The van der Waals surface area contributed by atoms with Crippen LogP contribution in [0.4, 0.5) is 8.78 Å². The number of benzene rings is 1. The molecule has 0 spiro atoms. The summed E-state index contributed by atoms with van der Waals surface area (Å²) in [5.74, 6) is -1.40. The Morgan fingerprint density at radius 1 is 1.21 bits per heavy atom. The standard InChI is InChI=1S/C18H19F2N5O2S/c1-10-21-18-25(22-10)17(27)16(28-18)15(12-3-4-13(19)14(20)9-12)24-7-5-23(6-8-24)11(2)26/h3-4,9,15,27H,5-8H2,1-2H3/t15-/m1/s1. The number of carbonyl (C=O) groups is 1. The maximum absolute atomic E-state index is 14.0. The molecule has 0 aliphatic carbocycles. The molecule has 1 saturated heterocycles. The Balaban J connectivity index is 1.76. The van der Waals surface area contributed by atoms with E-state index in [4.69, 9.17) is 0 Å². The Morgan fingerprint density at radius 3 is 2.54 bits per heavy atom. The van der Waals surface area contributed by atoms with E-state index in [0.29, 0.717) is 47.4 Å². The monoisotopic (exact) mass is 407 g/mol. The minimum absolute atomic E-state index is 0.00106. The van der Waals surface area contributed by atoms with Crippen LogP contribution in [-0.2, 0) is 4.79 Å². The third-order valence-corrected chi connectivity index (χ3v) is 6.01. The lowest BCUT2D eigenvalue weighted by Crippen LogP contribution is -2.49. The number of nitrogens with zero attached hydrogens (tertiary/aromatic N) is 5. The molecule has 1 N–H and O–H groups in total. The number of fused-ring (bicyclic) bond motifs is 1. The van der Waals surface area contributed by atoms with Crippen molar-refractivity contribution in [1.29, 1.82) is 0 Å². The summed E-state index contributed by atoms with van der Waals surface area (Å²) < 4.78 is 28.8. The number of aromatic hydroxyl groups is 1. The number of carbonyl (C=O) groups excluding carboxylic acids is 1. The molecule has 148 valence electrons. The lowest BCUT2D eigenvalue weighted by atomic mass is 10.0. The van der Waals surface area contributed by atoms with Crippen molar-refractivity contribution in [2.45, 2.75) is 19.9 Å². The second-order valence-corrected chi connectivity index (χ2v) is 7.77. The number of piperazine rings is 1. The van der Waals surface area contributed by atoms with E-state index in [0.717, 1.165) is 12.1 Å². The molecular weight excluding hydrogens is 388 g/mol. The number of aryl methyl sites for hydroxylation is 1. The average Bonchev–Trinajstić information content (AvgIpc) is 3.16. The first-order valence-corrected chi connectivity index (χ1v) is 9.66. The van der Waals surface area contributed by atoms with Crippen molar-refractivity contribution >= 4 is 22.2 Å². The lowest BCUT2D eigenvalue weighted by Gasteiger charge is -2.38. The zero-order valence-electron chi connectivity index (χ0n) is 15.4. The Bertz CT molecular complexity index is 1040. The van der Waals surface area contributed by atoms with E-state index in [1.165, 1.54) is 28.8 Å². The molecule has 1 aliphatic heterocycles. The van der Waals surface area contributed by atoms with E-state index in [1.54, 1.807) is 11.8 Å². The van der Waals surface area contributed by atoms with Gasteiger partial charge in [-0.2, -0.15) is 4.52 Å². The van der Waals surface area contributed by atoms with Gasteiger partial charge in [0.2, 0.25) is 16.7 Å². The van der Waals surface area contributed by atoms with Gasteiger partial charge in [-0.1, -0.05) is 17.4 Å². The molecule has 0 radical (unpaired) electrons. The lowest BCUT2D eigenvalue weighted by molar-refractivity contribution is -0.130. The molecule has 4 rings (SSSR count). The first-order valence-electron chi connectivity index (χ1n) is 8.84. The maximum Gasteiger partial charge on any atom is 0.230 e. The fourth-order valence-electron chi connectivity index (χ4n) is 3.53. The fraction of sp³-hybridized carbons (Fsp3) is 0.389. The van der Waals surface area contributed by atoms with Crippen LogP contribution in [0.3, 0.4) is 0 Å². The second-order valence-electron chi connectivity index (χ2n) is 6.76. The van der Waals surface area contributed by atoms with Crippen LogP contribution in [0.5, 0.6) is 5.88 Å². The van der Waals surface area contributed by atoms with Crippen LogP contribution in [-0.4, -0.2) is 61.6 Å². The van der Waals surface area contributed by atoms with Crippen molar-refractivity contribution in [3.05, 3.63) is 46.1 Å². The molecule has 0 bridgehead atoms. The average molecular weight is 407 g/mol. The number of amides is 1. The van der Waals surface area contributed by atoms with Gasteiger partial charge in [-0.15, -0.1) is 5.10 Å². The summed E-state index contributed by atoms with van der Waals surface area (Å²) in [7, 11) is 0. The number of hydrogen-bond donors (Lipinski definition) is 1. The molecule has 28 heavy (non-hydrogen) atoms. The van der Waals surface area contributed by atoms with Gasteiger partial charge in [0.05, 0.1) is 10.9 Å². The molecule has 2 aromatic heterocycles. The van der Waals surface area contributed by atoms with Crippen LogP contribution in [0.25, 0.3) is 4.96 Å². The summed E-state index contributed by atoms with van der Waals surface area (Å²) in [6.07, 6.45) is 0. The molecule has 10 heteroatoms. The predicted octanol–water partition coefficient (Wildman–Crippen LogP) is 2.34. The highest BCUT2D eigenvalue weighted by Crippen LogP contribution is 2.40. The predicted molar refractivity (Wildman–Crippen MR) is 99.3 cm³/mol. The molecule has 1 amide bonds. The Kier molecular flexibility index (Phi) is 4.76. The van der Waals surface area contributed by atoms with E-state index in [-0.39, 0.29) is 11.8 Å². The van der Waals surface area contributed by atoms with Gasteiger partial charge in [-0.25, -0.2) is 13.8 Å². The number of halogens is 2. The zero-order valence-corrected chi connectivity index (χ0v) is 16.2. The van der Waals surface area contributed by atoms with Gasteiger partial charge in [-0.05, 0) is 24.6 Å². The van der Waals surface area contributed by atoms with Crippen LogP contribution in [0, 0.1) is 18.6 Å². The SMILES string of the molecule is CC(=O)N1CCN([C@H](c2ccc(F)c(F)c2)c2sc3nc(C)nn3c2O)CC1. The number of thiazole rings is 1. The van der Waals surface area contributed by atoms with Crippen molar-refractivity contribution in [3.63, 3.8) is 0 Å². The van der Waals surface area contributed by atoms with E-state index in [9.17, 15) is 18.7 Å². The van der Waals surface area contributed by atoms with E-state index < -0.39 is 17.7 Å². The highest BCUT2D eigenvalue weighted by molar-refractivity contribution is 7.17. The van der Waals surface area contributed by atoms with Crippen LogP contribution < -0.4 is 0 Å². The van der Waals surface area contributed by atoms with E-state index in [2.05, 4.69) is 10.1 Å². The molecule has 1 aliphatic rings. The van der Waals surface area contributed by atoms with Crippen LogP contribution in [0.15, 0.2) is 18.2 Å². The molecule has 3 heterocycles. The number of hydrogen-bond acceptors (Lipinski definition) is 6. The topological polar surface area (TPSA) is 74.0 Å². The van der Waals surface area contributed by atoms with Gasteiger partial charge < -0.3 is 10.0 Å². The minimum Gasteiger partial charge on any atom is -0.492 e. The van der Waals surface area contributed by atoms with Crippen LogP contribution in [0.2, 0.25) is 0 Å². The molecular formula is C18H19F2N5O2S. The van der Waals surface area contributed by atoms with Gasteiger partial charge in [0, 0.05) is 33.1 Å². The largest absolute Gasteiger partial charge is 0.492 e. The number of aromatic nitrogens is 3. The summed E-state index contributed by atoms with van der Waals surface area (Å²) in [6.45, 7) is 5.38. The molecule has 1 fully saturated rings. The van der Waals surface area contributed by atoms with Gasteiger partial charge >= 0.3 is 0 Å². The normalized spacial score (nSPS) is 16.6. The van der Waals surface area contributed by atoms with E-state index >= 15 is 0 Å². The van der Waals surface area contributed by atoms with Gasteiger partial charge in [-0.3, -0.25) is 9.69 Å². The first-order chi connectivity index (χ1) is 13.3. The summed E-state index contributed by atoms with van der Waals surface area (Å²) >= 11 is 1.26. The maximum atomic E-state index is 14.0. The van der Waals surface area contributed by atoms with E-state index in [1.807, 2.05) is 4.90 Å². The molecule has 1 atom stereocenters. The third kappa shape index (κ3) is 3.22. The Hall–Kier alpha value is -2.59. The summed E-state index contributed by atoms with van der Waals surface area (Å²) in [6, 6.07) is 3.25. The van der Waals surface area contributed by atoms with Crippen molar-refractivity contribution in [2.75, 3.05) is 26.2 Å². The van der Waals surface area contributed by atoms with Crippen LogP contribution in [0.1, 0.15) is 29.2 Å². The molecule has 7 nitrogen and oxygen atoms in total. The minimum atomic E-state index is -0.945. The van der Waals surface area contributed by atoms with Crippen LogP contribution >= 0.6 is 11.3 Å². The summed E-state index contributed by atoms with van der Waals surface area (Å²) in [5, 5.41) is 14.9. The third-order valence-electron chi connectivity index (χ3n) is 4.94. The molecule has 0 saturated carbocycles. The Morgan fingerprint density at radius 2 is 1.93 bits per heavy atom. The highest BCUT2D eigenvalue weighted by atomic mass is 32.1. The number of rotatable bonds is 3. The molecule has 0 unspecified atom stereocenters. The molecule has 1 aromatic carbocycles. The fourth-order valence-corrected chi connectivity index (χ4v) is 4.69. The first kappa shape index (κ1) is 18.8. The van der Waals surface area contributed by atoms with Gasteiger partial charge in [0.15, 0.2) is 11.6 Å². The summed E-state index contributed by atoms with van der Waals surface area (Å²) in [4.78, 5) is 20.8. The quantitative estimate of drug-likeness (QED) is 0.722. The van der Waals surface area contributed by atoms with Crippen molar-refractivity contribution in [2.24, 2.45) is 0 Å². The summed E-state index contributed by atoms with van der Waals surface area (Å²) in [5.41, 5.74) is 0.520. The van der Waals surface area contributed by atoms with Crippen molar-refractivity contribution in [3.8, 4) is 5.88 Å². The second kappa shape index (κ2) is 7.10. The Labute approximate surface area is 163 Å². The highest BCUT2D eigenvalue weighted by Gasteiger charge is 2.32. The van der Waals surface area contributed by atoms with Gasteiger partial charge in [0.1, 0.15) is 5.82 Å². The smallest absolute Gasteiger partial charge is 0.230 e. The van der Waals surface area contributed by atoms with Crippen molar-refractivity contribution < 1.29 is 18.7 Å². The molecule has 3 aromatic rings. The zero-order chi connectivity index (χ0) is 20.0. The van der Waals surface area contributed by atoms with Crippen molar-refractivity contribution in [1.82, 2.24) is 24.4 Å².